The molecule has 4 nitrogen and oxygen atoms in total. The molecule has 2 heterocycles. The van der Waals surface area contributed by atoms with Gasteiger partial charge in [-0.2, -0.15) is 0 Å². The maximum atomic E-state index is 12.4. The summed E-state index contributed by atoms with van der Waals surface area (Å²) in [4.78, 5) is 12.4. The van der Waals surface area contributed by atoms with Crippen molar-refractivity contribution in [1.29, 1.82) is 0 Å². The van der Waals surface area contributed by atoms with Gasteiger partial charge in [0.1, 0.15) is 23.0 Å². The molecular weight excluding hydrogens is 292 g/mol. The molecule has 1 aliphatic carbocycles. The van der Waals surface area contributed by atoms with Crippen LogP contribution in [0, 0.1) is 6.92 Å². The van der Waals surface area contributed by atoms with E-state index in [1.807, 2.05) is 32.0 Å². The largest absolute Gasteiger partial charge is 0.497 e. The third-order valence-corrected chi connectivity index (χ3v) is 4.31. The molecule has 0 bridgehead atoms. The smallest absolute Gasteiger partial charge is 0.344 e. The summed E-state index contributed by atoms with van der Waals surface area (Å²) in [6, 6.07) is 7.48. The van der Waals surface area contributed by atoms with Gasteiger partial charge >= 0.3 is 5.63 Å². The maximum absolute atomic E-state index is 12.4. The fraction of sp³-hybridized carbons (Fsp3) is 0.211. The molecule has 4 heteroatoms. The average molecular weight is 308 g/mol. The summed E-state index contributed by atoms with van der Waals surface area (Å²) in [5, 5.41) is 1.33. The number of rotatable bonds is 1. The predicted octanol–water partition coefficient (Wildman–Crippen LogP) is 4.33. The third-order valence-electron chi connectivity index (χ3n) is 4.31. The molecule has 4 rings (SSSR count). The van der Waals surface area contributed by atoms with Crippen molar-refractivity contribution in [1.82, 2.24) is 0 Å². The van der Waals surface area contributed by atoms with E-state index in [-0.39, 0.29) is 5.63 Å². The molecule has 0 aliphatic heterocycles. The molecule has 1 aromatic carbocycles. The van der Waals surface area contributed by atoms with Crippen LogP contribution in [0.3, 0.4) is 0 Å². The highest BCUT2D eigenvalue weighted by Crippen LogP contribution is 2.40. The summed E-state index contributed by atoms with van der Waals surface area (Å²) in [6.45, 7) is 3.97. The molecule has 0 N–H and O–H groups in total. The number of ether oxygens (including phenoxy) is 1. The van der Waals surface area contributed by atoms with Crippen molar-refractivity contribution in [2.45, 2.75) is 20.3 Å². The van der Waals surface area contributed by atoms with Crippen molar-refractivity contribution in [2.24, 2.45) is 0 Å². The molecule has 1 aliphatic rings. The van der Waals surface area contributed by atoms with E-state index in [1.165, 1.54) is 0 Å². The molecule has 0 fully saturated rings. The summed E-state index contributed by atoms with van der Waals surface area (Å²) >= 11 is 0. The van der Waals surface area contributed by atoms with E-state index in [2.05, 4.69) is 6.08 Å². The normalized spacial score (nSPS) is 13.3. The number of hydrogen-bond acceptors (Lipinski definition) is 4. The highest BCUT2D eigenvalue weighted by atomic mass is 16.5. The Hall–Kier alpha value is -2.75. The second-order valence-corrected chi connectivity index (χ2v) is 5.79. The van der Waals surface area contributed by atoms with Gasteiger partial charge in [0.15, 0.2) is 0 Å². The Kier molecular flexibility index (Phi) is 2.94. The minimum atomic E-state index is -0.351. The van der Waals surface area contributed by atoms with Crippen molar-refractivity contribution in [3.05, 3.63) is 57.8 Å². The Balaban J connectivity index is 2.15. The molecule has 0 saturated carbocycles. The maximum Gasteiger partial charge on any atom is 0.344 e. The zero-order valence-corrected chi connectivity index (χ0v) is 13.2. The standard InChI is InChI=1S/C19H16O4/c1-10-4-7-16-17(18-14(10)8-11(2)22-18)13-6-5-12(21-3)9-15(13)19(20)23-16/h4-6,8-9H,7H2,1-3H3. The molecule has 0 radical (unpaired) electrons. The molecule has 3 aromatic rings. The van der Waals surface area contributed by atoms with Crippen LogP contribution in [0.4, 0.5) is 0 Å². The lowest BCUT2D eigenvalue weighted by molar-refractivity contribution is 0.415. The Morgan fingerprint density at radius 2 is 1.91 bits per heavy atom. The first kappa shape index (κ1) is 13.9. The fourth-order valence-corrected chi connectivity index (χ4v) is 3.15. The van der Waals surface area contributed by atoms with E-state index in [0.29, 0.717) is 23.3 Å². The number of hydrogen-bond donors (Lipinski definition) is 0. The van der Waals surface area contributed by atoms with Crippen molar-refractivity contribution in [3.63, 3.8) is 0 Å². The van der Waals surface area contributed by atoms with E-state index in [1.54, 1.807) is 13.2 Å². The topological polar surface area (TPSA) is 52.6 Å². The molecule has 2 aromatic heterocycles. The first-order valence-electron chi connectivity index (χ1n) is 7.50. The van der Waals surface area contributed by atoms with Gasteiger partial charge in [-0.25, -0.2) is 4.79 Å². The monoisotopic (exact) mass is 308 g/mol. The summed E-state index contributed by atoms with van der Waals surface area (Å²) < 4.78 is 16.8. The van der Waals surface area contributed by atoms with Crippen LogP contribution in [-0.2, 0) is 6.42 Å². The second kappa shape index (κ2) is 4.88. The van der Waals surface area contributed by atoms with Crippen LogP contribution in [0.1, 0.15) is 24.0 Å². The Morgan fingerprint density at radius 1 is 1.09 bits per heavy atom. The van der Waals surface area contributed by atoms with Gasteiger partial charge in [0.25, 0.3) is 0 Å². The van der Waals surface area contributed by atoms with Crippen LogP contribution < -0.4 is 10.4 Å². The Bertz CT molecular complexity index is 1020. The van der Waals surface area contributed by atoms with Gasteiger partial charge in [-0.05, 0) is 43.7 Å². The van der Waals surface area contributed by atoms with Crippen molar-refractivity contribution >= 4 is 16.3 Å². The minimum Gasteiger partial charge on any atom is -0.497 e. The van der Waals surface area contributed by atoms with Crippen molar-refractivity contribution in [2.75, 3.05) is 7.11 Å². The zero-order valence-electron chi connectivity index (χ0n) is 13.2. The average Bonchev–Trinajstić information content (AvgIpc) is 2.88. The Morgan fingerprint density at radius 3 is 2.70 bits per heavy atom. The van der Waals surface area contributed by atoms with Crippen LogP contribution in [0.15, 0.2) is 44.0 Å². The molecule has 23 heavy (non-hydrogen) atoms. The molecule has 0 saturated heterocycles. The summed E-state index contributed by atoms with van der Waals surface area (Å²) in [6.07, 6.45) is 2.64. The summed E-state index contributed by atoms with van der Waals surface area (Å²) in [5.74, 6) is 2.87. The highest BCUT2D eigenvalue weighted by Gasteiger charge is 2.24. The summed E-state index contributed by atoms with van der Waals surface area (Å²) in [7, 11) is 1.58. The fourth-order valence-electron chi connectivity index (χ4n) is 3.15. The molecule has 0 unspecified atom stereocenters. The van der Waals surface area contributed by atoms with Gasteiger partial charge in [0, 0.05) is 17.4 Å². The first-order chi connectivity index (χ1) is 11.1. The van der Waals surface area contributed by atoms with Crippen molar-refractivity contribution in [3.8, 4) is 17.1 Å². The van der Waals surface area contributed by atoms with Gasteiger partial charge in [0.2, 0.25) is 0 Å². The molecule has 0 spiro atoms. The molecule has 0 atom stereocenters. The number of methoxy groups -OCH3 is 1. The molecular formula is C19H16O4. The summed E-state index contributed by atoms with van der Waals surface area (Å²) in [5.41, 5.74) is 2.68. The molecule has 0 amide bonds. The van der Waals surface area contributed by atoms with Crippen LogP contribution in [0.25, 0.3) is 27.7 Å². The zero-order chi connectivity index (χ0) is 16.1. The van der Waals surface area contributed by atoms with Gasteiger partial charge in [0.05, 0.1) is 18.1 Å². The van der Waals surface area contributed by atoms with E-state index >= 15 is 0 Å². The van der Waals surface area contributed by atoms with E-state index in [9.17, 15) is 4.79 Å². The van der Waals surface area contributed by atoms with Gasteiger partial charge in [-0.3, -0.25) is 0 Å². The SMILES string of the molecule is COc1ccc2c3c(oc(=O)c2c1)CC=C(C)c1cc(C)oc1-3. The number of furan rings is 1. The minimum absolute atomic E-state index is 0.351. The quantitative estimate of drug-likeness (QED) is 0.671. The number of fused-ring (bicyclic) bond motifs is 5. The second-order valence-electron chi connectivity index (χ2n) is 5.79. The van der Waals surface area contributed by atoms with Crippen LogP contribution in [0.5, 0.6) is 5.75 Å². The number of aryl methyl sites for hydroxylation is 1. The molecule has 116 valence electrons. The van der Waals surface area contributed by atoms with Gasteiger partial charge < -0.3 is 13.6 Å². The van der Waals surface area contributed by atoms with E-state index in [0.717, 1.165) is 33.6 Å². The van der Waals surface area contributed by atoms with Gasteiger partial charge in [-0.1, -0.05) is 6.08 Å². The van der Waals surface area contributed by atoms with Crippen LogP contribution >= 0.6 is 0 Å². The van der Waals surface area contributed by atoms with Crippen LogP contribution in [-0.4, -0.2) is 7.11 Å². The Labute approximate surface area is 133 Å². The highest BCUT2D eigenvalue weighted by molar-refractivity contribution is 5.99. The number of allylic oxidation sites excluding steroid dienone is 2. The first-order valence-corrected chi connectivity index (χ1v) is 7.50. The van der Waals surface area contributed by atoms with E-state index < -0.39 is 0 Å². The van der Waals surface area contributed by atoms with Crippen molar-refractivity contribution < 1.29 is 13.6 Å². The van der Waals surface area contributed by atoms with Gasteiger partial charge in [-0.15, -0.1) is 0 Å². The van der Waals surface area contributed by atoms with Crippen LogP contribution in [0.2, 0.25) is 0 Å². The predicted molar refractivity (Wildman–Crippen MR) is 88.8 cm³/mol. The lowest BCUT2D eigenvalue weighted by atomic mass is 10.00. The number of benzene rings is 1. The third kappa shape index (κ3) is 2.02. The van der Waals surface area contributed by atoms with E-state index in [4.69, 9.17) is 13.6 Å². The lowest BCUT2D eigenvalue weighted by Crippen LogP contribution is -2.04. The lowest BCUT2D eigenvalue weighted by Gasteiger charge is -2.09.